The molecule has 0 radical (unpaired) electrons. The summed E-state index contributed by atoms with van der Waals surface area (Å²) >= 11 is 0. The molecule has 0 fully saturated rings. The van der Waals surface area contributed by atoms with Gasteiger partial charge in [0.15, 0.2) is 11.6 Å². The first-order valence-corrected chi connectivity index (χ1v) is 4.91. The van der Waals surface area contributed by atoms with E-state index >= 15 is 0 Å². The van der Waals surface area contributed by atoms with Crippen LogP contribution in [0.1, 0.15) is 19.4 Å². The molecule has 1 atom stereocenters. The van der Waals surface area contributed by atoms with Gasteiger partial charge in [0.1, 0.15) is 5.82 Å². The van der Waals surface area contributed by atoms with Crippen LogP contribution in [-0.2, 0) is 6.42 Å². The van der Waals surface area contributed by atoms with Crippen LogP contribution in [0.15, 0.2) is 12.1 Å². The standard InChI is InChI=1S/C11H15F2NO/c1-3-15-11-8(4-7(2)14)5-9(12)6-10(11)13/h5-7H,3-4,14H2,1-2H3. The normalized spacial score (nSPS) is 12.6. The van der Waals surface area contributed by atoms with Crippen molar-refractivity contribution in [2.24, 2.45) is 5.73 Å². The molecule has 0 bridgehead atoms. The maximum Gasteiger partial charge on any atom is 0.168 e. The van der Waals surface area contributed by atoms with Gasteiger partial charge in [-0.3, -0.25) is 0 Å². The van der Waals surface area contributed by atoms with Crippen LogP contribution in [0.25, 0.3) is 0 Å². The van der Waals surface area contributed by atoms with E-state index in [0.29, 0.717) is 18.6 Å². The summed E-state index contributed by atoms with van der Waals surface area (Å²) in [6.07, 6.45) is 0.393. The summed E-state index contributed by atoms with van der Waals surface area (Å²) in [5, 5.41) is 0. The first kappa shape index (κ1) is 11.9. The number of hydrogen-bond donors (Lipinski definition) is 1. The van der Waals surface area contributed by atoms with Gasteiger partial charge >= 0.3 is 0 Å². The van der Waals surface area contributed by atoms with Gasteiger partial charge in [-0.2, -0.15) is 0 Å². The van der Waals surface area contributed by atoms with Gasteiger partial charge < -0.3 is 10.5 Å². The fraction of sp³-hybridized carbons (Fsp3) is 0.455. The lowest BCUT2D eigenvalue weighted by atomic mass is 10.1. The van der Waals surface area contributed by atoms with Crippen molar-refractivity contribution in [3.63, 3.8) is 0 Å². The molecule has 0 aromatic heterocycles. The van der Waals surface area contributed by atoms with Crippen LogP contribution in [0, 0.1) is 11.6 Å². The van der Waals surface area contributed by atoms with Crippen molar-refractivity contribution in [3.8, 4) is 5.75 Å². The van der Waals surface area contributed by atoms with E-state index < -0.39 is 11.6 Å². The zero-order valence-electron chi connectivity index (χ0n) is 8.89. The van der Waals surface area contributed by atoms with Gasteiger partial charge in [-0.15, -0.1) is 0 Å². The Balaban J connectivity index is 3.08. The molecule has 0 amide bonds. The summed E-state index contributed by atoms with van der Waals surface area (Å²) in [5.41, 5.74) is 6.07. The summed E-state index contributed by atoms with van der Waals surface area (Å²) < 4.78 is 31.4. The first-order valence-electron chi connectivity index (χ1n) is 4.91. The fourth-order valence-electron chi connectivity index (χ4n) is 1.42. The zero-order valence-corrected chi connectivity index (χ0v) is 8.89. The Hall–Kier alpha value is -1.16. The van der Waals surface area contributed by atoms with Gasteiger partial charge in [0.2, 0.25) is 0 Å². The van der Waals surface area contributed by atoms with Crippen molar-refractivity contribution in [2.45, 2.75) is 26.3 Å². The Kier molecular flexibility index (Phi) is 4.03. The molecule has 0 heterocycles. The smallest absolute Gasteiger partial charge is 0.168 e. The van der Waals surface area contributed by atoms with Gasteiger partial charge in [0.05, 0.1) is 6.61 Å². The van der Waals surface area contributed by atoms with Gasteiger partial charge in [0.25, 0.3) is 0 Å². The minimum atomic E-state index is -0.674. The van der Waals surface area contributed by atoms with E-state index in [9.17, 15) is 8.78 Å². The molecule has 1 aromatic rings. The van der Waals surface area contributed by atoms with Crippen molar-refractivity contribution in [1.82, 2.24) is 0 Å². The van der Waals surface area contributed by atoms with Gasteiger partial charge in [-0.1, -0.05) is 0 Å². The summed E-state index contributed by atoms with van der Waals surface area (Å²) in [7, 11) is 0. The molecule has 0 aliphatic carbocycles. The largest absolute Gasteiger partial charge is 0.491 e. The molecule has 0 spiro atoms. The number of benzene rings is 1. The molecule has 0 aliphatic heterocycles. The van der Waals surface area contributed by atoms with Crippen molar-refractivity contribution in [3.05, 3.63) is 29.3 Å². The van der Waals surface area contributed by atoms with Gasteiger partial charge in [-0.25, -0.2) is 8.78 Å². The maximum atomic E-state index is 13.3. The number of hydrogen-bond acceptors (Lipinski definition) is 2. The van der Waals surface area contributed by atoms with Crippen LogP contribution < -0.4 is 10.5 Å². The molecule has 2 nitrogen and oxygen atoms in total. The summed E-state index contributed by atoms with van der Waals surface area (Å²) in [6, 6.07) is 1.91. The van der Waals surface area contributed by atoms with Gasteiger partial charge in [-0.05, 0) is 26.3 Å². The van der Waals surface area contributed by atoms with Crippen molar-refractivity contribution >= 4 is 0 Å². The predicted octanol–water partition coefficient (Wildman–Crippen LogP) is 2.25. The molecular weight excluding hydrogens is 200 g/mol. The van der Waals surface area contributed by atoms with Crippen LogP contribution in [0.3, 0.4) is 0 Å². The second-order valence-corrected chi connectivity index (χ2v) is 3.49. The van der Waals surface area contributed by atoms with Crippen LogP contribution in [0.5, 0.6) is 5.75 Å². The van der Waals surface area contributed by atoms with Crippen molar-refractivity contribution < 1.29 is 13.5 Å². The average Bonchev–Trinajstić information content (AvgIpc) is 2.10. The average molecular weight is 215 g/mol. The number of halogens is 2. The zero-order chi connectivity index (χ0) is 11.4. The summed E-state index contributed by atoms with van der Waals surface area (Å²) in [5.74, 6) is -1.17. The highest BCUT2D eigenvalue weighted by molar-refractivity contribution is 5.36. The summed E-state index contributed by atoms with van der Waals surface area (Å²) in [6.45, 7) is 3.87. The Morgan fingerprint density at radius 1 is 1.40 bits per heavy atom. The summed E-state index contributed by atoms with van der Waals surface area (Å²) in [4.78, 5) is 0. The second kappa shape index (κ2) is 5.07. The topological polar surface area (TPSA) is 35.2 Å². The van der Waals surface area contributed by atoms with Crippen molar-refractivity contribution in [1.29, 1.82) is 0 Å². The molecule has 0 saturated heterocycles. The lowest BCUT2D eigenvalue weighted by molar-refractivity contribution is 0.315. The van der Waals surface area contributed by atoms with E-state index in [1.54, 1.807) is 13.8 Å². The highest BCUT2D eigenvalue weighted by Gasteiger charge is 2.13. The Morgan fingerprint density at radius 2 is 2.07 bits per heavy atom. The highest BCUT2D eigenvalue weighted by atomic mass is 19.1. The molecular formula is C11H15F2NO. The maximum absolute atomic E-state index is 13.3. The van der Waals surface area contributed by atoms with E-state index in [1.165, 1.54) is 6.07 Å². The number of ether oxygens (including phenoxy) is 1. The van der Waals surface area contributed by atoms with E-state index in [2.05, 4.69) is 0 Å². The van der Waals surface area contributed by atoms with Gasteiger partial charge in [0, 0.05) is 17.7 Å². The third-order valence-corrected chi connectivity index (χ3v) is 1.92. The van der Waals surface area contributed by atoms with Crippen LogP contribution in [-0.4, -0.2) is 12.6 Å². The Labute approximate surface area is 88.0 Å². The first-order chi connectivity index (χ1) is 7.04. The van der Waals surface area contributed by atoms with E-state index in [0.717, 1.165) is 6.07 Å². The number of nitrogens with two attached hydrogens (primary N) is 1. The van der Waals surface area contributed by atoms with Crippen molar-refractivity contribution in [2.75, 3.05) is 6.61 Å². The third kappa shape index (κ3) is 3.16. The molecule has 1 unspecified atom stereocenters. The minimum absolute atomic E-state index is 0.108. The molecule has 84 valence electrons. The molecule has 1 rings (SSSR count). The minimum Gasteiger partial charge on any atom is -0.491 e. The molecule has 0 aliphatic rings. The van der Waals surface area contributed by atoms with E-state index in [4.69, 9.17) is 10.5 Å². The van der Waals surface area contributed by atoms with E-state index in [1.807, 2.05) is 0 Å². The van der Waals surface area contributed by atoms with Crippen LogP contribution in [0.4, 0.5) is 8.78 Å². The quantitative estimate of drug-likeness (QED) is 0.836. The molecule has 1 aromatic carbocycles. The fourth-order valence-corrected chi connectivity index (χ4v) is 1.42. The molecule has 2 N–H and O–H groups in total. The lowest BCUT2D eigenvalue weighted by Crippen LogP contribution is -2.18. The molecule has 0 saturated carbocycles. The Bertz CT molecular complexity index is 340. The van der Waals surface area contributed by atoms with Crippen LogP contribution >= 0.6 is 0 Å². The molecule has 15 heavy (non-hydrogen) atoms. The van der Waals surface area contributed by atoms with E-state index in [-0.39, 0.29) is 11.8 Å². The Morgan fingerprint density at radius 3 is 2.60 bits per heavy atom. The van der Waals surface area contributed by atoms with Crippen LogP contribution in [0.2, 0.25) is 0 Å². The second-order valence-electron chi connectivity index (χ2n) is 3.49. The SMILES string of the molecule is CCOc1c(F)cc(F)cc1CC(C)N. The predicted molar refractivity (Wildman–Crippen MR) is 54.9 cm³/mol. The highest BCUT2D eigenvalue weighted by Crippen LogP contribution is 2.25. The molecule has 4 heteroatoms. The lowest BCUT2D eigenvalue weighted by Gasteiger charge is -2.13. The monoisotopic (exact) mass is 215 g/mol. The third-order valence-electron chi connectivity index (χ3n) is 1.92. The number of rotatable bonds is 4.